The number of nitrogen functional groups attached to an aromatic ring is 1. The van der Waals surface area contributed by atoms with Gasteiger partial charge in [0.1, 0.15) is 0 Å². The number of rotatable bonds is 2. The smallest absolute Gasteiger partial charge is 0.256 e. The van der Waals surface area contributed by atoms with Crippen LogP contribution in [0.25, 0.3) is 0 Å². The minimum absolute atomic E-state index is 0.154. The SMILES string of the molecule is Cc1cc(C)c(C(=O)Nc2ccncc2C)cc1N. The van der Waals surface area contributed by atoms with Crippen LogP contribution in [0.15, 0.2) is 30.6 Å². The first-order chi connectivity index (χ1) is 8.99. The van der Waals surface area contributed by atoms with Crippen LogP contribution in [0.3, 0.4) is 0 Å². The van der Waals surface area contributed by atoms with Gasteiger partial charge in [-0.3, -0.25) is 9.78 Å². The Morgan fingerprint density at radius 3 is 2.58 bits per heavy atom. The van der Waals surface area contributed by atoms with E-state index in [1.807, 2.05) is 26.8 Å². The number of aryl methyl sites for hydroxylation is 3. The molecule has 0 fully saturated rings. The number of benzene rings is 1. The van der Waals surface area contributed by atoms with Crippen LogP contribution in [0.5, 0.6) is 0 Å². The topological polar surface area (TPSA) is 68.0 Å². The second kappa shape index (κ2) is 5.10. The average Bonchev–Trinajstić information content (AvgIpc) is 2.36. The average molecular weight is 255 g/mol. The van der Waals surface area contributed by atoms with E-state index < -0.39 is 0 Å². The van der Waals surface area contributed by atoms with Gasteiger partial charge in [-0.15, -0.1) is 0 Å². The van der Waals surface area contributed by atoms with Gasteiger partial charge in [0.25, 0.3) is 5.91 Å². The van der Waals surface area contributed by atoms with Gasteiger partial charge in [0.05, 0.1) is 0 Å². The summed E-state index contributed by atoms with van der Waals surface area (Å²) < 4.78 is 0. The Kier molecular flexibility index (Phi) is 3.51. The molecule has 4 nitrogen and oxygen atoms in total. The summed E-state index contributed by atoms with van der Waals surface area (Å²) in [6.45, 7) is 5.73. The van der Waals surface area contributed by atoms with Gasteiger partial charge in [0.2, 0.25) is 0 Å². The summed E-state index contributed by atoms with van der Waals surface area (Å²) in [6, 6.07) is 5.42. The van der Waals surface area contributed by atoms with Crippen molar-refractivity contribution >= 4 is 17.3 Å². The molecule has 98 valence electrons. The Bertz CT molecular complexity index is 635. The van der Waals surface area contributed by atoms with E-state index in [2.05, 4.69) is 10.3 Å². The van der Waals surface area contributed by atoms with E-state index in [9.17, 15) is 4.79 Å². The molecule has 3 N–H and O–H groups in total. The Hall–Kier alpha value is -2.36. The summed E-state index contributed by atoms with van der Waals surface area (Å²) in [5.74, 6) is -0.154. The second-order valence-electron chi connectivity index (χ2n) is 4.67. The molecule has 2 rings (SSSR count). The molecule has 0 bridgehead atoms. The number of pyridine rings is 1. The summed E-state index contributed by atoms with van der Waals surface area (Å²) in [7, 11) is 0. The number of nitrogens with one attached hydrogen (secondary N) is 1. The maximum atomic E-state index is 12.3. The van der Waals surface area contributed by atoms with Crippen molar-refractivity contribution in [2.24, 2.45) is 0 Å². The number of anilines is 2. The number of aromatic nitrogens is 1. The predicted octanol–water partition coefficient (Wildman–Crippen LogP) is 2.84. The molecule has 1 amide bonds. The van der Waals surface area contributed by atoms with Crippen molar-refractivity contribution in [3.8, 4) is 0 Å². The number of hydrogen-bond donors (Lipinski definition) is 2. The largest absolute Gasteiger partial charge is 0.398 e. The van der Waals surface area contributed by atoms with Crippen molar-refractivity contribution in [2.45, 2.75) is 20.8 Å². The fraction of sp³-hybridized carbons (Fsp3) is 0.200. The maximum Gasteiger partial charge on any atom is 0.256 e. The molecule has 1 aromatic carbocycles. The summed E-state index contributed by atoms with van der Waals surface area (Å²) in [4.78, 5) is 16.3. The molecule has 1 heterocycles. The molecule has 0 aliphatic carbocycles. The molecule has 2 aromatic rings. The van der Waals surface area contributed by atoms with Gasteiger partial charge in [-0.05, 0) is 49.6 Å². The normalized spacial score (nSPS) is 10.3. The number of nitrogens with zero attached hydrogens (tertiary/aromatic N) is 1. The lowest BCUT2D eigenvalue weighted by atomic mass is 10.0. The third-order valence-electron chi connectivity index (χ3n) is 3.13. The van der Waals surface area contributed by atoms with Gasteiger partial charge in [-0.1, -0.05) is 6.07 Å². The van der Waals surface area contributed by atoms with E-state index in [4.69, 9.17) is 5.73 Å². The van der Waals surface area contributed by atoms with E-state index in [1.54, 1.807) is 24.5 Å². The molecule has 0 aliphatic rings. The highest BCUT2D eigenvalue weighted by Gasteiger charge is 2.12. The predicted molar refractivity (Wildman–Crippen MR) is 77.3 cm³/mol. The zero-order valence-corrected chi connectivity index (χ0v) is 11.3. The monoisotopic (exact) mass is 255 g/mol. The van der Waals surface area contributed by atoms with Crippen molar-refractivity contribution < 1.29 is 4.79 Å². The van der Waals surface area contributed by atoms with Gasteiger partial charge in [0.15, 0.2) is 0 Å². The second-order valence-corrected chi connectivity index (χ2v) is 4.67. The van der Waals surface area contributed by atoms with Gasteiger partial charge in [0, 0.05) is 29.3 Å². The highest BCUT2D eigenvalue weighted by atomic mass is 16.1. The Labute approximate surface area is 112 Å². The van der Waals surface area contributed by atoms with Gasteiger partial charge in [-0.25, -0.2) is 0 Å². The summed E-state index contributed by atoms with van der Waals surface area (Å²) in [5.41, 5.74) is 10.7. The molecule has 19 heavy (non-hydrogen) atoms. The molecule has 0 aliphatic heterocycles. The number of nitrogens with two attached hydrogens (primary N) is 1. The minimum atomic E-state index is -0.154. The summed E-state index contributed by atoms with van der Waals surface area (Å²) in [5, 5.41) is 2.88. The van der Waals surface area contributed by atoms with E-state index >= 15 is 0 Å². The lowest BCUT2D eigenvalue weighted by Gasteiger charge is -2.11. The van der Waals surface area contributed by atoms with Crippen LogP contribution in [0.1, 0.15) is 27.0 Å². The van der Waals surface area contributed by atoms with Crippen LogP contribution in [0.2, 0.25) is 0 Å². The molecule has 0 radical (unpaired) electrons. The van der Waals surface area contributed by atoms with Crippen molar-refractivity contribution in [3.63, 3.8) is 0 Å². The molecular formula is C15H17N3O. The Morgan fingerprint density at radius 1 is 1.16 bits per heavy atom. The van der Waals surface area contributed by atoms with Gasteiger partial charge in [-0.2, -0.15) is 0 Å². The van der Waals surface area contributed by atoms with E-state index in [1.165, 1.54) is 0 Å². The molecule has 0 saturated heterocycles. The van der Waals surface area contributed by atoms with Crippen LogP contribution in [-0.4, -0.2) is 10.9 Å². The molecule has 1 aromatic heterocycles. The van der Waals surface area contributed by atoms with Crippen molar-refractivity contribution in [1.29, 1.82) is 0 Å². The highest BCUT2D eigenvalue weighted by Crippen LogP contribution is 2.20. The van der Waals surface area contributed by atoms with Crippen molar-refractivity contribution in [1.82, 2.24) is 4.98 Å². The maximum absolute atomic E-state index is 12.3. The number of amides is 1. The van der Waals surface area contributed by atoms with Crippen molar-refractivity contribution in [2.75, 3.05) is 11.1 Å². The van der Waals surface area contributed by atoms with Crippen LogP contribution in [0.4, 0.5) is 11.4 Å². The van der Waals surface area contributed by atoms with Crippen molar-refractivity contribution in [3.05, 3.63) is 52.8 Å². The third kappa shape index (κ3) is 2.73. The first-order valence-corrected chi connectivity index (χ1v) is 6.07. The number of hydrogen-bond acceptors (Lipinski definition) is 3. The van der Waals surface area contributed by atoms with E-state index in [-0.39, 0.29) is 5.91 Å². The summed E-state index contributed by atoms with van der Waals surface area (Å²) >= 11 is 0. The first-order valence-electron chi connectivity index (χ1n) is 6.07. The lowest BCUT2D eigenvalue weighted by Crippen LogP contribution is -2.15. The molecule has 4 heteroatoms. The van der Waals surface area contributed by atoms with Crippen LogP contribution in [-0.2, 0) is 0 Å². The number of carbonyl (C=O) groups is 1. The fourth-order valence-corrected chi connectivity index (χ4v) is 1.92. The van der Waals surface area contributed by atoms with Gasteiger partial charge < -0.3 is 11.1 Å². The van der Waals surface area contributed by atoms with Crippen LogP contribution < -0.4 is 11.1 Å². The molecule has 0 unspecified atom stereocenters. The Balaban J connectivity index is 2.31. The summed E-state index contributed by atoms with van der Waals surface area (Å²) in [6.07, 6.45) is 3.37. The van der Waals surface area contributed by atoms with Gasteiger partial charge >= 0.3 is 0 Å². The standard InChI is InChI=1S/C15H17N3O/c1-9-6-10(2)13(16)7-12(9)15(19)18-14-4-5-17-8-11(14)3/h4-8H,16H2,1-3H3,(H,17,18,19). The van der Waals surface area contributed by atoms with Crippen LogP contribution >= 0.6 is 0 Å². The highest BCUT2D eigenvalue weighted by molar-refractivity contribution is 6.06. The number of carbonyl (C=O) groups excluding carboxylic acids is 1. The molecule has 0 spiro atoms. The third-order valence-corrected chi connectivity index (χ3v) is 3.13. The quantitative estimate of drug-likeness (QED) is 0.811. The first kappa shape index (κ1) is 13.1. The van der Waals surface area contributed by atoms with E-state index in [0.717, 1.165) is 22.4 Å². The lowest BCUT2D eigenvalue weighted by molar-refractivity contribution is 0.102. The zero-order chi connectivity index (χ0) is 14.0. The Morgan fingerprint density at radius 2 is 1.89 bits per heavy atom. The van der Waals surface area contributed by atoms with E-state index in [0.29, 0.717) is 11.3 Å². The minimum Gasteiger partial charge on any atom is -0.398 e. The van der Waals surface area contributed by atoms with Crippen LogP contribution in [0, 0.1) is 20.8 Å². The fourth-order valence-electron chi connectivity index (χ4n) is 1.92. The molecule has 0 saturated carbocycles. The molecular weight excluding hydrogens is 238 g/mol. The molecule has 0 atom stereocenters. The zero-order valence-electron chi connectivity index (χ0n) is 11.3.